The molecule has 1 aliphatic heterocycles. The van der Waals surface area contributed by atoms with Gasteiger partial charge in [0, 0.05) is 38.8 Å². The highest BCUT2D eigenvalue weighted by Crippen LogP contribution is 2.20. The molecule has 0 radical (unpaired) electrons. The van der Waals surface area contributed by atoms with Gasteiger partial charge in [-0.15, -0.1) is 0 Å². The van der Waals surface area contributed by atoms with Crippen LogP contribution in [0.4, 0.5) is 10.1 Å². The Labute approximate surface area is 128 Å². The van der Waals surface area contributed by atoms with Crippen molar-refractivity contribution < 1.29 is 4.39 Å². The number of piperazine rings is 1. The van der Waals surface area contributed by atoms with E-state index in [1.807, 2.05) is 12.1 Å². The molecule has 1 atom stereocenters. The van der Waals surface area contributed by atoms with Gasteiger partial charge in [0.05, 0.1) is 5.69 Å². The third-order valence-electron chi connectivity index (χ3n) is 4.28. The number of anilines is 1. The molecule has 1 fully saturated rings. The van der Waals surface area contributed by atoms with Crippen LogP contribution >= 0.6 is 0 Å². The summed E-state index contributed by atoms with van der Waals surface area (Å²) in [6.45, 7) is 10.5. The topological polar surface area (TPSA) is 18.5 Å². The van der Waals surface area contributed by atoms with Crippen LogP contribution in [0, 0.1) is 5.82 Å². The lowest BCUT2D eigenvalue weighted by Gasteiger charge is -2.39. The van der Waals surface area contributed by atoms with Crippen LogP contribution in [-0.4, -0.2) is 50.2 Å². The highest BCUT2D eigenvalue weighted by molar-refractivity contribution is 5.47. The summed E-state index contributed by atoms with van der Waals surface area (Å²) in [5, 5.41) is 3.52. The van der Waals surface area contributed by atoms with Gasteiger partial charge in [0.1, 0.15) is 5.82 Å². The molecule has 0 amide bonds. The number of hydrogen-bond acceptors (Lipinski definition) is 3. The highest BCUT2D eigenvalue weighted by atomic mass is 19.1. The zero-order valence-corrected chi connectivity index (χ0v) is 13.3. The van der Waals surface area contributed by atoms with E-state index in [0.717, 1.165) is 45.0 Å². The summed E-state index contributed by atoms with van der Waals surface area (Å²) in [7, 11) is 0. The minimum atomic E-state index is -0.111. The number of unbranched alkanes of at least 4 members (excludes halogenated alkanes) is 1. The largest absolute Gasteiger partial charge is 0.367 e. The van der Waals surface area contributed by atoms with Gasteiger partial charge in [0.2, 0.25) is 0 Å². The first-order valence-corrected chi connectivity index (χ1v) is 8.16. The Hall–Kier alpha value is -1.13. The Morgan fingerprint density at radius 1 is 1.19 bits per heavy atom. The van der Waals surface area contributed by atoms with Crippen molar-refractivity contribution in [1.82, 2.24) is 10.2 Å². The van der Waals surface area contributed by atoms with Crippen molar-refractivity contribution in [3.63, 3.8) is 0 Å². The van der Waals surface area contributed by atoms with Crippen LogP contribution in [0.5, 0.6) is 0 Å². The molecule has 0 spiro atoms. The van der Waals surface area contributed by atoms with E-state index in [2.05, 4.69) is 29.0 Å². The molecule has 0 bridgehead atoms. The van der Waals surface area contributed by atoms with Gasteiger partial charge in [-0.2, -0.15) is 0 Å². The Bertz CT molecular complexity index is 416. The predicted molar refractivity (Wildman–Crippen MR) is 87.4 cm³/mol. The molecule has 21 heavy (non-hydrogen) atoms. The van der Waals surface area contributed by atoms with Gasteiger partial charge < -0.3 is 10.2 Å². The van der Waals surface area contributed by atoms with Gasteiger partial charge in [-0.3, -0.25) is 4.90 Å². The molecule has 4 heteroatoms. The lowest BCUT2D eigenvalue weighted by atomic mass is 10.2. The lowest BCUT2D eigenvalue weighted by molar-refractivity contribution is 0.193. The molecule has 1 heterocycles. The molecule has 1 unspecified atom stereocenters. The van der Waals surface area contributed by atoms with Gasteiger partial charge in [0.25, 0.3) is 0 Å². The molecule has 1 aromatic carbocycles. The van der Waals surface area contributed by atoms with E-state index in [9.17, 15) is 4.39 Å². The zero-order chi connectivity index (χ0) is 15.1. The molecule has 1 saturated heterocycles. The first-order chi connectivity index (χ1) is 10.2. The van der Waals surface area contributed by atoms with Crippen LogP contribution in [0.3, 0.4) is 0 Å². The van der Waals surface area contributed by atoms with Crippen molar-refractivity contribution >= 4 is 5.69 Å². The van der Waals surface area contributed by atoms with Crippen molar-refractivity contribution in [2.45, 2.75) is 32.7 Å². The molecule has 0 saturated carbocycles. The molecule has 0 aliphatic carbocycles. The van der Waals surface area contributed by atoms with Crippen molar-refractivity contribution in [1.29, 1.82) is 0 Å². The number of halogens is 1. The van der Waals surface area contributed by atoms with Crippen molar-refractivity contribution in [2.75, 3.05) is 44.2 Å². The quantitative estimate of drug-likeness (QED) is 0.780. The second-order valence-corrected chi connectivity index (χ2v) is 5.88. The minimum absolute atomic E-state index is 0.111. The molecule has 1 aliphatic rings. The molecule has 1 N–H and O–H groups in total. The van der Waals surface area contributed by atoms with Crippen molar-refractivity contribution in [3.8, 4) is 0 Å². The summed E-state index contributed by atoms with van der Waals surface area (Å²) >= 11 is 0. The van der Waals surface area contributed by atoms with E-state index in [1.165, 1.54) is 12.8 Å². The average Bonchev–Trinajstić information content (AvgIpc) is 2.52. The maximum absolute atomic E-state index is 13.8. The van der Waals surface area contributed by atoms with Gasteiger partial charge in [-0.1, -0.05) is 25.5 Å². The number of hydrogen-bond donors (Lipinski definition) is 1. The second kappa shape index (κ2) is 8.35. The standard InChI is InChI=1S/C17H28FN3/c1-3-4-9-19-14-15(2)20-10-12-21(13-11-20)17-8-6-5-7-16(17)18/h5-8,15,19H,3-4,9-14H2,1-2H3. The maximum atomic E-state index is 13.8. The van der Waals surface area contributed by atoms with Crippen molar-refractivity contribution in [2.24, 2.45) is 0 Å². The Morgan fingerprint density at radius 3 is 2.57 bits per heavy atom. The van der Waals surface area contributed by atoms with Crippen LogP contribution in [0.2, 0.25) is 0 Å². The van der Waals surface area contributed by atoms with E-state index < -0.39 is 0 Å². The van der Waals surface area contributed by atoms with Gasteiger partial charge in [-0.05, 0) is 32.0 Å². The fraction of sp³-hybridized carbons (Fsp3) is 0.647. The smallest absolute Gasteiger partial charge is 0.146 e. The van der Waals surface area contributed by atoms with Gasteiger partial charge in [-0.25, -0.2) is 4.39 Å². The fourth-order valence-electron chi connectivity index (χ4n) is 2.85. The van der Waals surface area contributed by atoms with Gasteiger partial charge >= 0.3 is 0 Å². The van der Waals surface area contributed by atoms with Crippen LogP contribution in [0.1, 0.15) is 26.7 Å². The first kappa shape index (κ1) is 16.2. The van der Waals surface area contributed by atoms with Crippen LogP contribution < -0.4 is 10.2 Å². The minimum Gasteiger partial charge on any atom is -0.367 e. The van der Waals surface area contributed by atoms with E-state index in [0.29, 0.717) is 6.04 Å². The average molecular weight is 293 g/mol. The number of nitrogens with zero attached hydrogens (tertiary/aromatic N) is 2. The monoisotopic (exact) mass is 293 g/mol. The van der Waals surface area contributed by atoms with Crippen molar-refractivity contribution in [3.05, 3.63) is 30.1 Å². The molecule has 3 nitrogen and oxygen atoms in total. The number of benzene rings is 1. The van der Waals surface area contributed by atoms with E-state index in [4.69, 9.17) is 0 Å². The number of para-hydroxylation sites is 1. The molecule has 1 aromatic rings. The summed E-state index contributed by atoms with van der Waals surface area (Å²) in [5.74, 6) is -0.111. The van der Waals surface area contributed by atoms with Crippen LogP contribution in [0.15, 0.2) is 24.3 Å². The summed E-state index contributed by atoms with van der Waals surface area (Å²) < 4.78 is 13.8. The molecular weight excluding hydrogens is 265 g/mol. The summed E-state index contributed by atoms with van der Waals surface area (Å²) in [5.41, 5.74) is 0.742. The van der Waals surface area contributed by atoms with E-state index in [-0.39, 0.29) is 5.82 Å². The zero-order valence-electron chi connectivity index (χ0n) is 13.3. The number of rotatable bonds is 7. The van der Waals surface area contributed by atoms with E-state index in [1.54, 1.807) is 12.1 Å². The van der Waals surface area contributed by atoms with Crippen LogP contribution in [-0.2, 0) is 0 Å². The molecule has 118 valence electrons. The molecule has 2 rings (SSSR count). The summed E-state index contributed by atoms with van der Waals surface area (Å²) in [6.07, 6.45) is 2.48. The SMILES string of the molecule is CCCCNCC(C)N1CCN(c2ccccc2F)CC1. The first-order valence-electron chi connectivity index (χ1n) is 8.16. The highest BCUT2D eigenvalue weighted by Gasteiger charge is 2.22. The third kappa shape index (κ3) is 4.68. The third-order valence-corrected chi connectivity index (χ3v) is 4.28. The Kier molecular flexibility index (Phi) is 6.46. The molecular formula is C17H28FN3. The normalized spacial score (nSPS) is 18.0. The maximum Gasteiger partial charge on any atom is 0.146 e. The number of nitrogens with one attached hydrogen (secondary N) is 1. The van der Waals surface area contributed by atoms with Crippen LogP contribution in [0.25, 0.3) is 0 Å². The summed E-state index contributed by atoms with van der Waals surface area (Å²) in [6, 6.07) is 7.62. The Balaban J connectivity index is 1.76. The summed E-state index contributed by atoms with van der Waals surface area (Å²) in [4.78, 5) is 4.65. The fourth-order valence-corrected chi connectivity index (χ4v) is 2.85. The Morgan fingerprint density at radius 2 is 1.90 bits per heavy atom. The lowest BCUT2D eigenvalue weighted by Crippen LogP contribution is -2.52. The van der Waals surface area contributed by atoms with Gasteiger partial charge in [0.15, 0.2) is 0 Å². The predicted octanol–water partition coefficient (Wildman–Crippen LogP) is 2.73. The van der Waals surface area contributed by atoms with E-state index >= 15 is 0 Å². The molecule has 0 aromatic heterocycles. The second-order valence-electron chi connectivity index (χ2n) is 5.88.